The van der Waals surface area contributed by atoms with E-state index >= 15 is 0 Å². The van der Waals surface area contributed by atoms with Crippen LogP contribution in [0.5, 0.6) is 0 Å². The first-order chi connectivity index (χ1) is 19.5. The first-order valence-electron chi connectivity index (χ1n) is 12.8. The second kappa shape index (κ2) is 22.7. The van der Waals surface area contributed by atoms with Crippen LogP contribution in [-0.4, -0.2) is 53.5 Å². The second-order valence-electron chi connectivity index (χ2n) is 8.49. The molecule has 3 aromatic rings. The maximum atomic E-state index is 10.6. The Morgan fingerprint density at radius 1 is 0.878 bits per heavy atom. The fourth-order valence-electron chi connectivity index (χ4n) is 2.88. The molecule has 11 heteroatoms. The number of carbonyl (C=O) groups excluding carboxylic acids is 2. The first kappa shape index (κ1) is 36.9. The maximum Gasteiger partial charge on any atom is 0.335 e. The number of hydrogen-bond acceptors (Lipinski definition) is 7. The Kier molecular flexibility index (Phi) is 20.4. The maximum absolute atomic E-state index is 10.6. The van der Waals surface area contributed by atoms with Crippen LogP contribution in [0.4, 0.5) is 5.69 Å². The van der Waals surface area contributed by atoms with Crippen LogP contribution in [0.15, 0.2) is 78.9 Å². The van der Waals surface area contributed by atoms with Gasteiger partial charge in [0, 0.05) is 23.2 Å². The average molecular weight is 587 g/mol. The van der Waals surface area contributed by atoms with Crippen molar-refractivity contribution in [1.29, 1.82) is 0 Å². The van der Waals surface area contributed by atoms with Crippen LogP contribution < -0.4 is 22.5 Å². The lowest BCUT2D eigenvalue weighted by Crippen LogP contribution is -2.29. The number of aliphatic carboxylic acids is 1. The Morgan fingerprint density at radius 2 is 1.46 bits per heavy atom. The minimum Gasteiger partial charge on any atom is -0.480 e. The number of carboxylic acid groups (broad SMARTS) is 2. The molecule has 0 saturated heterocycles. The summed E-state index contributed by atoms with van der Waals surface area (Å²) in [6, 6.07) is 22.2. The summed E-state index contributed by atoms with van der Waals surface area (Å²) >= 11 is 5.52. The number of carboxylic acids is 2. The fourth-order valence-corrected chi connectivity index (χ4v) is 3.01. The summed E-state index contributed by atoms with van der Waals surface area (Å²) in [7, 11) is 0. The topological polar surface area (TPSA) is 199 Å². The largest absolute Gasteiger partial charge is 0.480 e. The summed E-state index contributed by atoms with van der Waals surface area (Å²) < 4.78 is 0. The molecule has 0 spiro atoms. The van der Waals surface area contributed by atoms with Crippen LogP contribution in [0.3, 0.4) is 0 Å². The molecule has 0 aliphatic rings. The molecule has 0 aliphatic carbocycles. The molecule has 0 aromatic heterocycles. The Bertz CT molecular complexity index is 1160. The second-order valence-corrected chi connectivity index (χ2v) is 8.92. The van der Waals surface area contributed by atoms with Gasteiger partial charge in [0.2, 0.25) is 5.91 Å². The van der Waals surface area contributed by atoms with Gasteiger partial charge < -0.3 is 32.7 Å². The number of carbonyl (C=O) groups is 4. The third-order valence-electron chi connectivity index (χ3n) is 5.02. The van der Waals surface area contributed by atoms with Crippen LogP contribution >= 0.6 is 11.6 Å². The van der Waals surface area contributed by atoms with Gasteiger partial charge in [-0.05, 0) is 86.4 Å². The number of hydrogen-bond donors (Lipinski definition) is 6. The molecule has 10 nitrogen and oxygen atoms in total. The zero-order chi connectivity index (χ0) is 31.0. The van der Waals surface area contributed by atoms with E-state index in [2.05, 4.69) is 17.4 Å². The van der Waals surface area contributed by atoms with Crippen molar-refractivity contribution in [3.63, 3.8) is 0 Å². The lowest BCUT2D eigenvalue weighted by Gasteiger charge is -2.03. The molecule has 1 amide bonds. The minimum absolute atomic E-state index is 0.117. The van der Waals surface area contributed by atoms with Gasteiger partial charge in [-0.2, -0.15) is 0 Å². The standard InChI is InChI=1S/C9H9NO2.C8H11N.C7H5ClO2.C6H14N2O2/c1-7(12)10-9-4-2-8(6-11)3-5-9;9-7-6-8-4-2-1-3-5-8;8-6-3-1-5(2-4-6)7(9)10;7-4-2-1-3-5(8)6(9)10/h2-6H,1H3,(H,10,12);1-5H,6-7,9H2;1-4H,(H,9,10);5H,1-4,7-8H2,(H,9,10)/t;;;5-/m...0/s1. The molecule has 0 heterocycles. The summed E-state index contributed by atoms with van der Waals surface area (Å²) in [4.78, 5) is 41.2. The third-order valence-corrected chi connectivity index (χ3v) is 5.27. The zero-order valence-electron chi connectivity index (χ0n) is 23.0. The van der Waals surface area contributed by atoms with Crippen LogP contribution in [-0.2, 0) is 16.0 Å². The highest BCUT2D eigenvalue weighted by molar-refractivity contribution is 6.30. The monoisotopic (exact) mass is 586 g/mol. The van der Waals surface area contributed by atoms with E-state index in [1.807, 2.05) is 18.2 Å². The number of aromatic carboxylic acids is 1. The molecular formula is C30H39ClN4O6. The number of halogens is 1. The molecule has 1 atom stereocenters. The van der Waals surface area contributed by atoms with Gasteiger partial charge in [-0.1, -0.05) is 48.4 Å². The normalized spacial score (nSPS) is 10.2. The molecule has 9 N–H and O–H groups in total. The Hall–Kier alpha value is -4.09. The van der Waals surface area contributed by atoms with Crippen molar-refractivity contribution in [2.45, 2.75) is 38.6 Å². The molecule has 0 aliphatic heterocycles. The van der Waals surface area contributed by atoms with E-state index in [4.69, 9.17) is 39.0 Å². The van der Waals surface area contributed by atoms with Gasteiger partial charge in [0.25, 0.3) is 0 Å². The molecular weight excluding hydrogens is 548 g/mol. The molecule has 41 heavy (non-hydrogen) atoms. The molecule has 0 bridgehead atoms. The predicted molar refractivity (Wildman–Crippen MR) is 162 cm³/mol. The number of benzene rings is 3. The Morgan fingerprint density at radius 3 is 1.90 bits per heavy atom. The molecule has 0 fully saturated rings. The molecule has 0 radical (unpaired) electrons. The molecule has 0 unspecified atom stereocenters. The highest BCUT2D eigenvalue weighted by atomic mass is 35.5. The van der Waals surface area contributed by atoms with E-state index in [-0.39, 0.29) is 11.5 Å². The van der Waals surface area contributed by atoms with E-state index in [0.29, 0.717) is 29.2 Å². The van der Waals surface area contributed by atoms with Crippen molar-refractivity contribution >= 4 is 41.4 Å². The third kappa shape index (κ3) is 19.6. The average Bonchev–Trinajstić information content (AvgIpc) is 2.95. The lowest BCUT2D eigenvalue weighted by atomic mass is 10.1. The Labute approximate surface area is 245 Å². The summed E-state index contributed by atoms with van der Waals surface area (Å²) in [6.07, 6.45) is 3.91. The van der Waals surface area contributed by atoms with Crippen molar-refractivity contribution in [1.82, 2.24) is 0 Å². The summed E-state index contributed by atoms with van der Waals surface area (Å²) in [5, 5.41) is 19.9. The SMILES string of the molecule is CC(=O)Nc1ccc(C=O)cc1.NCCCC[C@H](N)C(=O)O.NCCc1ccccc1.O=C(O)c1ccc(Cl)cc1. The minimum atomic E-state index is -0.934. The van der Waals surface area contributed by atoms with Crippen LogP contribution in [0.1, 0.15) is 52.5 Å². The van der Waals surface area contributed by atoms with Crippen molar-refractivity contribution in [2.75, 3.05) is 18.4 Å². The van der Waals surface area contributed by atoms with Crippen molar-refractivity contribution < 1.29 is 29.4 Å². The Balaban J connectivity index is 0.000000523. The van der Waals surface area contributed by atoms with Crippen molar-refractivity contribution in [3.05, 3.63) is 101 Å². The number of aldehydes is 1. The number of unbranched alkanes of at least 4 members (excludes halogenated alkanes) is 1. The van der Waals surface area contributed by atoms with E-state index in [1.165, 1.54) is 24.6 Å². The smallest absolute Gasteiger partial charge is 0.335 e. The van der Waals surface area contributed by atoms with Crippen LogP contribution in [0.2, 0.25) is 5.02 Å². The van der Waals surface area contributed by atoms with Gasteiger partial charge in [-0.3, -0.25) is 14.4 Å². The number of anilines is 1. The van der Waals surface area contributed by atoms with Gasteiger partial charge in [0.1, 0.15) is 12.3 Å². The van der Waals surface area contributed by atoms with E-state index in [1.54, 1.807) is 36.4 Å². The van der Waals surface area contributed by atoms with Crippen molar-refractivity contribution in [2.24, 2.45) is 17.2 Å². The number of amides is 1. The highest BCUT2D eigenvalue weighted by Crippen LogP contribution is 2.09. The van der Waals surface area contributed by atoms with Gasteiger partial charge in [-0.25, -0.2) is 4.79 Å². The van der Waals surface area contributed by atoms with E-state index in [9.17, 15) is 19.2 Å². The molecule has 3 rings (SSSR count). The summed E-state index contributed by atoms with van der Waals surface area (Å²) in [5.74, 6) is -1.98. The summed E-state index contributed by atoms with van der Waals surface area (Å²) in [6.45, 7) is 2.78. The molecule has 3 aromatic carbocycles. The molecule has 222 valence electrons. The first-order valence-corrected chi connectivity index (χ1v) is 13.2. The number of rotatable bonds is 10. The van der Waals surface area contributed by atoms with Crippen molar-refractivity contribution in [3.8, 4) is 0 Å². The fraction of sp³-hybridized carbons (Fsp3) is 0.267. The van der Waals surface area contributed by atoms with Gasteiger partial charge in [0.05, 0.1) is 5.56 Å². The van der Waals surface area contributed by atoms with Gasteiger partial charge >= 0.3 is 11.9 Å². The van der Waals surface area contributed by atoms with Gasteiger partial charge in [0.15, 0.2) is 0 Å². The predicted octanol–water partition coefficient (Wildman–Crippen LogP) is 4.21. The lowest BCUT2D eigenvalue weighted by molar-refractivity contribution is -0.138. The summed E-state index contributed by atoms with van der Waals surface area (Å²) in [5.41, 5.74) is 18.7. The van der Waals surface area contributed by atoms with E-state index < -0.39 is 18.0 Å². The highest BCUT2D eigenvalue weighted by Gasteiger charge is 2.09. The van der Waals surface area contributed by atoms with Crippen LogP contribution in [0.25, 0.3) is 0 Å². The van der Waals surface area contributed by atoms with E-state index in [0.717, 1.165) is 32.1 Å². The number of nitrogens with one attached hydrogen (secondary N) is 1. The quantitative estimate of drug-likeness (QED) is 0.149. The van der Waals surface area contributed by atoms with Crippen LogP contribution in [0, 0.1) is 0 Å². The van der Waals surface area contributed by atoms with Gasteiger partial charge in [-0.15, -0.1) is 0 Å². The molecule has 0 saturated carbocycles. The number of nitrogens with two attached hydrogens (primary N) is 3. The zero-order valence-corrected chi connectivity index (χ0v) is 23.8.